The maximum atomic E-state index is 13.3. The SMILES string of the molecule is O=C(Nc1ccc(Cl)cc1)c1cncc(Nc2ccc(F)c(F)c2)c1. The molecule has 0 saturated heterocycles. The number of aromatic nitrogens is 1. The van der Waals surface area contributed by atoms with Crippen molar-refractivity contribution in [3.63, 3.8) is 0 Å². The fraction of sp³-hybridized carbons (Fsp3) is 0. The van der Waals surface area contributed by atoms with Gasteiger partial charge in [0.05, 0.1) is 17.4 Å². The van der Waals surface area contributed by atoms with Gasteiger partial charge in [-0.2, -0.15) is 0 Å². The smallest absolute Gasteiger partial charge is 0.257 e. The number of halogens is 3. The molecule has 1 aromatic heterocycles. The zero-order valence-corrected chi connectivity index (χ0v) is 13.5. The van der Waals surface area contributed by atoms with Crippen molar-refractivity contribution in [1.29, 1.82) is 0 Å². The first-order chi connectivity index (χ1) is 12.0. The second-order valence-corrected chi connectivity index (χ2v) is 5.61. The Morgan fingerprint density at radius 3 is 2.32 bits per heavy atom. The van der Waals surface area contributed by atoms with Gasteiger partial charge in [0.15, 0.2) is 11.6 Å². The lowest BCUT2D eigenvalue weighted by Gasteiger charge is -2.09. The molecule has 3 rings (SSSR count). The first-order valence-corrected chi connectivity index (χ1v) is 7.63. The quantitative estimate of drug-likeness (QED) is 0.688. The van der Waals surface area contributed by atoms with E-state index in [1.54, 1.807) is 30.3 Å². The van der Waals surface area contributed by atoms with Crippen LogP contribution >= 0.6 is 11.6 Å². The summed E-state index contributed by atoms with van der Waals surface area (Å²) in [5.74, 6) is -2.25. The molecule has 0 bridgehead atoms. The largest absolute Gasteiger partial charge is 0.354 e. The van der Waals surface area contributed by atoms with Crippen molar-refractivity contribution < 1.29 is 13.6 Å². The van der Waals surface area contributed by atoms with Crippen LogP contribution in [0.3, 0.4) is 0 Å². The summed E-state index contributed by atoms with van der Waals surface area (Å²) in [6.45, 7) is 0. The molecule has 0 unspecified atom stereocenters. The zero-order valence-electron chi connectivity index (χ0n) is 12.8. The lowest BCUT2D eigenvalue weighted by Crippen LogP contribution is -2.12. The van der Waals surface area contributed by atoms with Gasteiger partial charge in [0, 0.05) is 28.7 Å². The number of anilines is 3. The van der Waals surface area contributed by atoms with Crippen LogP contribution in [0.2, 0.25) is 5.02 Å². The van der Waals surface area contributed by atoms with Crippen molar-refractivity contribution in [2.24, 2.45) is 0 Å². The highest BCUT2D eigenvalue weighted by Crippen LogP contribution is 2.20. The minimum atomic E-state index is -0.963. The number of hydrogen-bond acceptors (Lipinski definition) is 3. The van der Waals surface area contributed by atoms with Crippen LogP contribution in [-0.4, -0.2) is 10.9 Å². The summed E-state index contributed by atoms with van der Waals surface area (Å²) in [7, 11) is 0. The van der Waals surface area contributed by atoms with Crippen LogP contribution in [0.15, 0.2) is 60.9 Å². The van der Waals surface area contributed by atoms with Crippen LogP contribution in [0, 0.1) is 11.6 Å². The Balaban J connectivity index is 1.75. The maximum Gasteiger partial charge on any atom is 0.257 e. The molecular formula is C18H12ClF2N3O. The van der Waals surface area contributed by atoms with Crippen molar-refractivity contribution in [1.82, 2.24) is 4.98 Å². The third kappa shape index (κ3) is 4.30. The summed E-state index contributed by atoms with van der Waals surface area (Å²) >= 11 is 5.80. The molecule has 126 valence electrons. The lowest BCUT2D eigenvalue weighted by atomic mass is 10.2. The van der Waals surface area contributed by atoms with Crippen molar-refractivity contribution in [2.45, 2.75) is 0 Å². The number of carbonyl (C=O) groups is 1. The minimum Gasteiger partial charge on any atom is -0.354 e. The molecule has 0 spiro atoms. The number of carbonyl (C=O) groups excluding carboxylic acids is 1. The highest BCUT2D eigenvalue weighted by Gasteiger charge is 2.09. The zero-order chi connectivity index (χ0) is 17.8. The van der Waals surface area contributed by atoms with Gasteiger partial charge in [0.25, 0.3) is 5.91 Å². The van der Waals surface area contributed by atoms with Gasteiger partial charge in [0.2, 0.25) is 0 Å². The molecule has 0 fully saturated rings. The van der Waals surface area contributed by atoms with Crippen LogP contribution in [-0.2, 0) is 0 Å². The van der Waals surface area contributed by atoms with E-state index in [4.69, 9.17) is 11.6 Å². The normalized spacial score (nSPS) is 10.4. The van der Waals surface area contributed by atoms with E-state index in [9.17, 15) is 13.6 Å². The molecule has 1 amide bonds. The van der Waals surface area contributed by atoms with Gasteiger partial charge in [-0.25, -0.2) is 8.78 Å². The Morgan fingerprint density at radius 1 is 0.880 bits per heavy atom. The molecule has 4 nitrogen and oxygen atoms in total. The number of nitrogens with one attached hydrogen (secondary N) is 2. The average Bonchev–Trinajstić information content (AvgIpc) is 2.60. The first-order valence-electron chi connectivity index (χ1n) is 7.25. The van der Waals surface area contributed by atoms with Gasteiger partial charge >= 0.3 is 0 Å². The molecule has 0 aliphatic carbocycles. The van der Waals surface area contributed by atoms with Crippen LogP contribution in [0.4, 0.5) is 25.8 Å². The van der Waals surface area contributed by atoms with Crippen molar-refractivity contribution in [2.75, 3.05) is 10.6 Å². The Morgan fingerprint density at radius 2 is 1.60 bits per heavy atom. The number of rotatable bonds is 4. The van der Waals surface area contributed by atoms with Crippen LogP contribution in [0.1, 0.15) is 10.4 Å². The summed E-state index contributed by atoms with van der Waals surface area (Å²) in [6.07, 6.45) is 2.88. The van der Waals surface area contributed by atoms with E-state index in [1.165, 1.54) is 18.5 Å². The van der Waals surface area contributed by atoms with E-state index in [2.05, 4.69) is 15.6 Å². The monoisotopic (exact) mass is 359 g/mol. The summed E-state index contributed by atoms with van der Waals surface area (Å²) in [4.78, 5) is 16.3. The molecule has 2 N–H and O–H groups in total. The second kappa shape index (κ2) is 7.27. The first kappa shape index (κ1) is 16.9. The number of amides is 1. The van der Waals surface area contributed by atoms with Crippen molar-refractivity contribution >= 4 is 34.6 Å². The third-order valence-electron chi connectivity index (χ3n) is 3.31. The topological polar surface area (TPSA) is 54.0 Å². The van der Waals surface area contributed by atoms with Gasteiger partial charge < -0.3 is 10.6 Å². The van der Waals surface area contributed by atoms with E-state index in [1.807, 2.05) is 0 Å². The van der Waals surface area contributed by atoms with Gasteiger partial charge in [0.1, 0.15) is 0 Å². The van der Waals surface area contributed by atoms with Gasteiger partial charge in [-0.15, -0.1) is 0 Å². The predicted octanol–water partition coefficient (Wildman–Crippen LogP) is 5.01. The highest BCUT2D eigenvalue weighted by atomic mass is 35.5. The van der Waals surface area contributed by atoms with Gasteiger partial charge in [-0.05, 0) is 42.5 Å². The molecule has 0 atom stereocenters. The maximum absolute atomic E-state index is 13.3. The molecule has 25 heavy (non-hydrogen) atoms. The summed E-state index contributed by atoms with van der Waals surface area (Å²) in [5, 5.41) is 6.16. The molecule has 0 radical (unpaired) electrons. The molecule has 2 aromatic carbocycles. The Kier molecular flexibility index (Phi) is 4.90. The fourth-order valence-electron chi connectivity index (χ4n) is 2.11. The van der Waals surface area contributed by atoms with Crippen LogP contribution in [0.5, 0.6) is 0 Å². The summed E-state index contributed by atoms with van der Waals surface area (Å²) < 4.78 is 26.2. The summed E-state index contributed by atoms with van der Waals surface area (Å²) in [6, 6.07) is 11.7. The Labute approximate surface area is 147 Å². The number of pyridine rings is 1. The molecule has 0 saturated carbocycles. The number of nitrogens with zero attached hydrogens (tertiary/aromatic N) is 1. The minimum absolute atomic E-state index is 0.308. The predicted molar refractivity (Wildman–Crippen MR) is 93.3 cm³/mol. The molecular weight excluding hydrogens is 348 g/mol. The van der Waals surface area contributed by atoms with E-state index in [-0.39, 0.29) is 5.91 Å². The third-order valence-corrected chi connectivity index (χ3v) is 3.56. The van der Waals surface area contributed by atoms with Gasteiger partial charge in [-0.1, -0.05) is 11.6 Å². The lowest BCUT2D eigenvalue weighted by molar-refractivity contribution is 0.102. The van der Waals surface area contributed by atoms with Crippen LogP contribution in [0.25, 0.3) is 0 Å². The molecule has 3 aromatic rings. The van der Waals surface area contributed by atoms with Gasteiger partial charge in [-0.3, -0.25) is 9.78 Å². The Hall–Kier alpha value is -2.99. The molecule has 0 aliphatic rings. The van der Waals surface area contributed by atoms with E-state index in [0.29, 0.717) is 27.6 Å². The molecule has 7 heteroatoms. The molecule has 1 heterocycles. The average molecular weight is 360 g/mol. The summed E-state index contributed by atoms with van der Waals surface area (Å²) in [5.41, 5.74) is 1.71. The highest BCUT2D eigenvalue weighted by molar-refractivity contribution is 6.30. The van der Waals surface area contributed by atoms with Crippen molar-refractivity contribution in [3.05, 3.63) is 83.1 Å². The number of hydrogen-bond donors (Lipinski definition) is 2. The fourth-order valence-corrected chi connectivity index (χ4v) is 2.24. The van der Waals surface area contributed by atoms with E-state index >= 15 is 0 Å². The standard InChI is InChI=1S/C18H12ClF2N3O/c19-12-1-3-13(4-2-12)24-18(25)11-7-15(10-22-9-11)23-14-5-6-16(20)17(21)8-14/h1-10,23H,(H,24,25). The van der Waals surface area contributed by atoms with E-state index in [0.717, 1.165) is 12.1 Å². The van der Waals surface area contributed by atoms with Crippen LogP contribution < -0.4 is 10.6 Å². The Bertz CT molecular complexity index is 916. The molecule has 0 aliphatic heterocycles. The number of benzene rings is 2. The van der Waals surface area contributed by atoms with Crippen molar-refractivity contribution in [3.8, 4) is 0 Å². The second-order valence-electron chi connectivity index (χ2n) is 5.18. The van der Waals surface area contributed by atoms with E-state index < -0.39 is 11.6 Å².